The number of rotatable bonds is 4. The van der Waals surface area contributed by atoms with Gasteiger partial charge in [0.1, 0.15) is 10.8 Å². The Balaban J connectivity index is 2.19. The third-order valence-electron chi connectivity index (χ3n) is 2.89. The van der Waals surface area contributed by atoms with Crippen LogP contribution in [0, 0.1) is 5.82 Å². The highest BCUT2D eigenvalue weighted by Gasteiger charge is 2.07. The Bertz CT molecular complexity index is 598. The minimum absolute atomic E-state index is 0.226. The molecular weight excluding hydrogens is 259 g/mol. The van der Waals surface area contributed by atoms with Crippen LogP contribution in [0.5, 0.6) is 0 Å². The molecule has 2 aromatic rings. The summed E-state index contributed by atoms with van der Waals surface area (Å²) in [4.78, 5) is 2.23. The number of hydrogen-bond acceptors (Lipinski definition) is 2. The van der Waals surface area contributed by atoms with Crippen LogP contribution in [0.1, 0.15) is 11.1 Å². The lowest BCUT2D eigenvalue weighted by Gasteiger charge is -2.20. The van der Waals surface area contributed by atoms with Crippen molar-refractivity contribution in [2.75, 3.05) is 11.9 Å². The molecule has 0 saturated carbocycles. The predicted octanol–water partition coefficient (Wildman–Crippen LogP) is 3.10. The van der Waals surface area contributed by atoms with Crippen LogP contribution in [-0.2, 0) is 6.54 Å². The summed E-state index contributed by atoms with van der Waals surface area (Å²) in [7, 11) is 1.85. The fraction of sp³-hybridized carbons (Fsp3) is 0.133. The van der Waals surface area contributed by atoms with Crippen molar-refractivity contribution in [3.05, 3.63) is 65.5 Å². The van der Waals surface area contributed by atoms with E-state index in [4.69, 9.17) is 18.0 Å². The molecule has 0 bridgehead atoms. The van der Waals surface area contributed by atoms with Crippen LogP contribution < -0.4 is 10.6 Å². The second kappa shape index (κ2) is 5.80. The molecule has 0 aliphatic heterocycles. The number of thiocarbonyl (C=S) groups is 1. The summed E-state index contributed by atoms with van der Waals surface area (Å²) in [6, 6.07) is 14.4. The van der Waals surface area contributed by atoms with Crippen LogP contribution in [0.3, 0.4) is 0 Å². The first-order valence-corrected chi connectivity index (χ1v) is 6.33. The molecule has 0 spiro atoms. The molecule has 2 rings (SSSR count). The number of hydrogen-bond donors (Lipinski definition) is 1. The molecule has 4 heteroatoms. The Hall–Kier alpha value is -1.94. The summed E-state index contributed by atoms with van der Waals surface area (Å²) in [5.74, 6) is -0.226. The van der Waals surface area contributed by atoms with Gasteiger partial charge in [-0.25, -0.2) is 4.39 Å². The fourth-order valence-electron chi connectivity index (χ4n) is 1.94. The van der Waals surface area contributed by atoms with Gasteiger partial charge in [0.2, 0.25) is 0 Å². The van der Waals surface area contributed by atoms with Crippen molar-refractivity contribution in [1.82, 2.24) is 0 Å². The molecule has 0 aliphatic carbocycles. The highest BCUT2D eigenvalue weighted by atomic mass is 32.1. The van der Waals surface area contributed by atoms with Crippen molar-refractivity contribution < 1.29 is 4.39 Å². The molecule has 0 aromatic heterocycles. The summed E-state index contributed by atoms with van der Waals surface area (Å²) in [6.07, 6.45) is 0. The van der Waals surface area contributed by atoms with Gasteiger partial charge in [0.15, 0.2) is 0 Å². The Morgan fingerprint density at radius 1 is 1.21 bits per heavy atom. The van der Waals surface area contributed by atoms with Gasteiger partial charge >= 0.3 is 0 Å². The lowest BCUT2D eigenvalue weighted by molar-refractivity contribution is 0.622. The molecule has 0 aliphatic rings. The van der Waals surface area contributed by atoms with Crippen molar-refractivity contribution >= 4 is 22.9 Å². The Morgan fingerprint density at radius 2 is 1.95 bits per heavy atom. The van der Waals surface area contributed by atoms with Gasteiger partial charge in [0, 0.05) is 19.2 Å². The zero-order chi connectivity index (χ0) is 13.8. The van der Waals surface area contributed by atoms with Gasteiger partial charge in [-0.05, 0) is 23.8 Å². The van der Waals surface area contributed by atoms with E-state index in [0.717, 1.165) is 11.1 Å². The first-order chi connectivity index (χ1) is 9.08. The molecule has 0 atom stereocenters. The van der Waals surface area contributed by atoms with Gasteiger partial charge in [-0.3, -0.25) is 0 Å². The molecule has 98 valence electrons. The van der Waals surface area contributed by atoms with Gasteiger partial charge in [0.25, 0.3) is 0 Å². The maximum Gasteiger partial charge on any atom is 0.146 e. The van der Waals surface area contributed by atoms with Crippen molar-refractivity contribution in [2.24, 2.45) is 5.73 Å². The van der Waals surface area contributed by atoms with Gasteiger partial charge in [-0.2, -0.15) is 0 Å². The molecule has 0 unspecified atom stereocenters. The molecule has 19 heavy (non-hydrogen) atoms. The van der Waals surface area contributed by atoms with Crippen LogP contribution in [0.2, 0.25) is 0 Å². The fourth-order valence-corrected chi connectivity index (χ4v) is 2.07. The summed E-state index contributed by atoms with van der Waals surface area (Å²) >= 11 is 4.95. The van der Waals surface area contributed by atoms with Crippen molar-refractivity contribution in [3.8, 4) is 0 Å². The highest BCUT2D eigenvalue weighted by molar-refractivity contribution is 7.80. The van der Waals surface area contributed by atoms with E-state index in [1.165, 1.54) is 6.07 Å². The zero-order valence-electron chi connectivity index (χ0n) is 10.6. The Morgan fingerprint density at radius 3 is 2.63 bits per heavy atom. The summed E-state index contributed by atoms with van der Waals surface area (Å²) in [5.41, 5.74) is 8.05. The standard InChI is InChI=1S/C15H15FN2S/c1-18(14-8-3-2-7-13(14)16)10-11-5-4-6-12(9-11)15(17)19/h2-9H,10H2,1H3,(H2,17,19). The number of benzene rings is 2. The van der Waals surface area contributed by atoms with E-state index < -0.39 is 0 Å². The third kappa shape index (κ3) is 3.29. The first kappa shape index (κ1) is 13.5. The quantitative estimate of drug-likeness (QED) is 0.869. The topological polar surface area (TPSA) is 29.3 Å². The predicted molar refractivity (Wildman–Crippen MR) is 80.8 cm³/mol. The normalized spacial score (nSPS) is 10.2. The maximum atomic E-state index is 13.7. The summed E-state index contributed by atoms with van der Waals surface area (Å²) in [6.45, 7) is 0.595. The molecule has 0 heterocycles. The van der Waals surface area contributed by atoms with E-state index in [9.17, 15) is 4.39 Å². The minimum Gasteiger partial charge on any atom is -0.389 e. The number of nitrogens with zero attached hydrogens (tertiary/aromatic N) is 1. The SMILES string of the molecule is CN(Cc1cccc(C(N)=S)c1)c1ccccc1F. The van der Waals surface area contributed by atoms with Crippen molar-refractivity contribution in [3.63, 3.8) is 0 Å². The van der Waals surface area contributed by atoms with Gasteiger partial charge in [-0.15, -0.1) is 0 Å². The summed E-state index contributed by atoms with van der Waals surface area (Å²) < 4.78 is 13.7. The summed E-state index contributed by atoms with van der Waals surface area (Å²) in [5, 5.41) is 0. The van der Waals surface area contributed by atoms with Crippen LogP contribution >= 0.6 is 12.2 Å². The van der Waals surface area contributed by atoms with E-state index >= 15 is 0 Å². The van der Waals surface area contributed by atoms with Crippen LogP contribution in [-0.4, -0.2) is 12.0 Å². The van der Waals surface area contributed by atoms with E-state index in [-0.39, 0.29) is 5.82 Å². The molecule has 2 nitrogen and oxygen atoms in total. The van der Waals surface area contributed by atoms with E-state index in [1.807, 2.05) is 42.3 Å². The van der Waals surface area contributed by atoms with Gasteiger partial charge in [0.05, 0.1) is 5.69 Å². The Kier molecular flexibility index (Phi) is 4.12. The zero-order valence-corrected chi connectivity index (χ0v) is 11.5. The lowest BCUT2D eigenvalue weighted by atomic mass is 10.1. The molecule has 0 amide bonds. The van der Waals surface area contributed by atoms with Crippen molar-refractivity contribution in [1.29, 1.82) is 0 Å². The molecule has 2 N–H and O–H groups in total. The van der Waals surface area contributed by atoms with Crippen molar-refractivity contribution in [2.45, 2.75) is 6.54 Å². The molecule has 0 saturated heterocycles. The van der Waals surface area contributed by atoms with E-state index in [2.05, 4.69) is 0 Å². The first-order valence-electron chi connectivity index (χ1n) is 5.92. The molecule has 0 radical (unpaired) electrons. The average Bonchev–Trinajstić information content (AvgIpc) is 2.39. The smallest absolute Gasteiger partial charge is 0.146 e. The van der Waals surface area contributed by atoms with Crippen LogP contribution in [0.25, 0.3) is 0 Å². The largest absolute Gasteiger partial charge is 0.389 e. The van der Waals surface area contributed by atoms with Gasteiger partial charge in [-0.1, -0.05) is 42.5 Å². The number of para-hydroxylation sites is 1. The third-order valence-corrected chi connectivity index (χ3v) is 3.13. The number of nitrogens with two attached hydrogens (primary N) is 1. The second-order valence-corrected chi connectivity index (χ2v) is 4.81. The second-order valence-electron chi connectivity index (χ2n) is 4.37. The Labute approximate surface area is 117 Å². The monoisotopic (exact) mass is 274 g/mol. The molecular formula is C15H15FN2S. The van der Waals surface area contributed by atoms with E-state index in [1.54, 1.807) is 12.1 Å². The number of halogens is 1. The average molecular weight is 274 g/mol. The van der Waals surface area contributed by atoms with Crippen LogP contribution in [0.15, 0.2) is 48.5 Å². The lowest BCUT2D eigenvalue weighted by Crippen LogP contribution is -2.18. The van der Waals surface area contributed by atoms with E-state index in [0.29, 0.717) is 17.2 Å². The van der Waals surface area contributed by atoms with Crippen LogP contribution in [0.4, 0.5) is 10.1 Å². The minimum atomic E-state index is -0.226. The molecule has 0 fully saturated rings. The number of anilines is 1. The maximum absolute atomic E-state index is 13.7. The van der Waals surface area contributed by atoms with Gasteiger partial charge < -0.3 is 10.6 Å². The highest BCUT2D eigenvalue weighted by Crippen LogP contribution is 2.19. The molecule has 2 aromatic carbocycles.